The fourth-order valence-corrected chi connectivity index (χ4v) is 1.21. The van der Waals surface area contributed by atoms with Gasteiger partial charge in [-0.3, -0.25) is 0 Å². The SMILES string of the molecule is C=C(C)C(=O)OCCC/C=C/CCCOC(=O)C(=C)C. The highest BCUT2D eigenvalue weighted by Crippen LogP contribution is 2.00. The number of allylic oxidation sites excluding steroid dienone is 2. The first-order chi connectivity index (χ1) is 9.45. The van der Waals surface area contributed by atoms with Crippen LogP contribution in [0.15, 0.2) is 36.5 Å². The molecule has 0 atom stereocenters. The Labute approximate surface area is 121 Å². The first-order valence-electron chi connectivity index (χ1n) is 6.75. The Hall–Kier alpha value is -1.84. The largest absolute Gasteiger partial charge is 0.462 e. The molecule has 0 bridgehead atoms. The zero-order valence-corrected chi connectivity index (χ0v) is 12.4. The molecule has 0 radical (unpaired) electrons. The standard InChI is InChI=1S/C16H24O4/c1-13(2)15(17)19-11-9-7-5-6-8-10-12-20-16(18)14(3)4/h5-6H,1,3,7-12H2,2,4H3/b6-5+. The van der Waals surface area contributed by atoms with Crippen LogP contribution in [0.4, 0.5) is 0 Å². The molecule has 0 aromatic heterocycles. The normalized spacial score (nSPS) is 10.3. The summed E-state index contributed by atoms with van der Waals surface area (Å²) in [5, 5.41) is 0. The molecule has 0 saturated heterocycles. The number of carbonyl (C=O) groups excluding carboxylic acids is 2. The van der Waals surface area contributed by atoms with Crippen LogP contribution >= 0.6 is 0 Å². The molecule has 4 nitrogen and oxygen atoms in total. The van der Waals surface area contributed by atoms with Crippen LogP contribution in [0.2, 0.25) is 0 Å². The Bertz CT molecular complexity index is 344. The Morgan fingerprint density at radius 2 is 1.20 bits per heavy atom. The number of ether oxygens (including phenoxy) is 2. The molecule has 0 aromatic rings. The summed E-state index contributed by atoms with van der Waals surface area (Å²) in [6, 6.07) is 0. The number of hydrogen-bond donors (Lipinski definition) is 0. The summed E-state index contributed by atoms with van der Waals surface area (Å²) < 4.78 is 9.92. The van der Waals surface area contributed by atoms with Crippen LogP contribution in [-0.4, -0.2) is 25.2 Å². The molecule has 4 heteroatoms. The summed E-state index contributed by atoms with van der Waals surface area (Å²) in [5.41, 5.74) is 0.842. The van der Waals surface area contributed by atoms with Gasteiger partial charge in [0.15, 0.2) is 0 Å². The number of rotatable bonds is 10. The lowest BCUT2D eigenvalue weighted by Gasteiger charge is -2.02. The molecule has 0 saturated carbocycles. The summed E-state index contributed by atoms with van der Waals surface area (Å²) >= 11 is 0. The fraction of sp³-hybridized carbons (Fsp3) is 0.500. The van der Waals surface area contributed by atoms with Crippen molar-refractivity contribution >= 4 is 11.9 Å². The van der Waals surface area contributed by atoms with Crippen LogP contribution < -0.4 is 0 Å². The molecule has 0 aliphatic carbocycles. The van der Waals surface area contributed by atoms with Gasteiger partial charge in [-0.25, -0.2) is 9.59 Å². The highest BCUT2D eigenvalue weighted by Gasteiger charge is 2.01. The van der Waals surface area contributed by atoms with Gasteiger partial charge in [0, 0.05) is 11.1 Å². The zero-order valence-electron chi connectivity index (χ0n) is 12.4. The first kappa shape index (κ1) is 18.2. The van der Waals surface area contributed by atoms with E-state index in [1.165, 1.54) is 0 Å². The van der Waals surface area contributed by atoms with Gasteiger partial charge >= 0.3 is 11.9 Å². The van der Waals surface area contributed by atoms with Gasteiger partial charge in [0.05, 0.1) is 13.2 Å². The summed E-state index contributed by atoms with van der Waals surface area (Å²) in [7, 11) is 0. The van der Waals surface area contributed by atoms with E-state index in [2.05, 4.69) is 13.2 Å². The van der Waals surface area contributed by atoms with Gasteiger partial charge < -0.3 is 9.47 Å². The van der Waals surface area contributed by atoms with Crippen LogP contribution in [0.5, 0.6) is 0 Å². The minimum Gasteiger partial charge on any atom is -0.462 e. The van der Waals surface area contributed by atoms with Crippen molar-refractivity contribution in [1.29, 1.82) is 0 Å². The summed E-state index contributed by atoms with van der Waals surface area (Å²) in [6.45, 7) is 11.1. The molecule has 0 aliphatic heterocycles. The number of esters is 2. The minimum atomic E-state index is -0.340. The van der Waals surface area contributed by atoms with Crippen LogP contribution in [0.1, 0.15) is 39.5 Å². The third-order valence-electron chi connectivity index (χ3n) is 2.36. The molecular formula is C16H24O4. The second-order valence-corrected chi connectivity index (χ2v) is 4.59. The second kappa shape index (κ2) is 11.0. The lowest BCUT2D eigenvalue weighted by Crippen LogP contribution is -2.06. The molecule has 0 rings (SSSR count). The molecule has 112 valence electrons. The van der Waals surface area contributed by atoms with Crippen molar-refractivity contribution in [1.82, 2.24) is 0 Å². The highest BCUT2D eigenvalue weighted by atomic mass is 16.5. The van der Waals surface area contributed by atoms with Gasteiger partial charge in [-0.1, -0.05) is 25.3 Å². The molecule has 0 spiro atoms. The molecule has 20 heavy (non-hydrogen) atoms. The van der Waals surface area contributed by atoms with E-state index in [4.69, 9.17) is 9.47 Å². The number of unbranched alkanes of at least 4 members (excludes halogenated alkanes) is 2. The van der Waals surface area contributed by atoms with E-state index >= 15 is 0 Å². The Morgan fingerprint density at radius 3 is 1.50 bits per heavy atom. The van der Waals surface area contributed by atoms with E-state index in [1.54, 1.807) is 13.8 Å². The Kier molecular flexibility index (Phi) is 10.0. The van der Waals surface area contributed by atoms with Crippen LogP contribution in [0, 0.1) is 0 Å². The topological polar surface area (TPSA) is 52.6 Å². The maximum absolute atomic E-state index is 11.1. The van der Waals surface area contributed by atoms with Gasteiger partial charge in [0.2, 0.25) is 0 Å². The van der Waals surface area contributed by atoms with E-state index < -0.39 is 0 Å². The monoisotopic (exact) mass is 280 g/mol. The zero-order chi connectivity index (χ0) is 15.4. The van der Waals surface area contributed by atoms with Gasteiger partial charge in [-0.05, 0) is 39.5 Å². The third-order valence-corrected chi connectivity index (χ3v) is 2.36. The molecule has 0 unspecified atom stereocenters. The van der Waals surface area contributed by atoms with Gasteiger partial charge in [-0.2, -0.15) is 0 Å². The van der Waals surface area contributed by atoms with Crippen molar-refractivity contribution in [3.05, 3.63) is 36.5 Å². The minimum absolute atomic E-state index is 0.340. The van der Waals surface area contributed by atoms with Crippen LogP contribution in [-0.2, 0) is 19.1 Å². The maximum atomic E-state index is 11.1. The molecule has 0 amide bonds. The quantitative estimate of drug-likeness (QED) is 0.266. The van der Waals surface area contributed by atoms with Gasteiger partial charge in [0.25, 0.3) is 0 Å². The third kappa shape index (κ3) is 10.1. The van der Waals surface area contributed by atoms with Crippen molar-refractivity contribution in [2.45, 2.75) is 39.5 Å². The van der Waals surface area contributed by atoms with Crippen LogP contribution in [0.3, 0.4) is 0 Å². The van der Waals surface area contributed by atoms with Crippen molar-refractivity contribution in [3.8, 4) is 0 Å². The van der Waals surface area contributed by atoms with Crippen molar-refractivity contribution in [3.63, 3.8) is 0 Å². The van der Waals surface area contributed by atoms with Crippen molar-refractivity contribution in [2.24, 2.45) is 0 Å². The predicted molar refractivity (Wildman–Crippen MR) is 79.2 cm³/mol. The van der Waals surface area contributed by atoms with Crippen LogP contribution in [0.25, 0.3) is 0 Å². The van der Waals surface area contributed by atoms with Gasteiger partial charge in [0.1, 0.15) is 0 Å². The molecule has 0 heterocycles. The van der Waals surface area contributed by atoms with Crippen molar-refractivity contribution < 1.29 is 19.1 Å². The van der Waals surface area contributed by atoms with E-state index in [9.17, 15) is 9.59 Å². The highest BCUT2D eigenvalue weighted by molar-refractivity contribution is 5.87. The van der Waals surface area contributed by atoms with Crippen molar-refractivity contribution in [2.75, 3.05) is 13.2 Å². The van der Waals surface area contributed by atoms with E-state index in [-0.39, 0.29) is 11.9 Å². The Morgan fingerprint density at radius 1 is 0.850 bits per heavy atom. The summed E-state index contributed by atoms with van der Waals surface area (Å²) in [4.78, 5) is 22.1. The maximum Gasteiger partial charge on any atom is 0.333 e. The van der Waals surface area contributed by atoms with Gasteiger partial charge in [-0.15, -0.1) is 0 Å². The lowest BCUT2D eigenvalue weighted by molar-refractivity contribution is -0.139. The smallest absolute Gasteiger partial charge is 0.333 e. The molecule has 0 aromatic carbocycles. The average molecular weight is 280 g/mol. The van der Waals surface area contributed by atoms with E-state index in [0.717, 1.165) is 25.7 Å². The molecular weight excluding hydrogens is 256 g/mol. The number of hydrogen-bond acceptors (Lipinski definition) is 4. The summed E-state index contributed by atoms with van der Waals surface area (Å²) in [6.07, 6.45) is 7.37. The average Bonchev–Trinajstić information content (AvgIpc) is 2.39. The Balaban J connectivity index is 3.41. The number of carbonyl (C=O) groups is 2. The fourth-order valence-electron chi connectivity index (χ4n) is 1.21. The molecule has 0 N–H and O–H groups in total. The molecule has 0 fully saturated rings. The predicted octanol–water partition coefficient (Wildman–Crippen LogP) is 3.34. The molecule has 0 aliphatic rings. The second-order valence-electron chi connectivity index (χ2n) is 4.59. The summed E-state index contributed by atoms with van der Waals surface area (Å²) in [5.74, 6) is -0.679. The lowest BCUT2D eigenvalue weighted by atomic mass is 10.2. The van der Waals surface area contributed by atoms with E-state index in [0.29, 0.717) is 24.4 Å². The first-order valence-corrected chi connectivity index (χ1v) is 6.75. The van der Waals surface area contributed by atoms with E-state index in [1.807, 2.05) is 12.2 Å².